The molecule has 0 amide bonds. The van der Waals surface area contributed by atoms with Gasteiger partial charge in [0.25, 0.3) is 5.89 Å². The molecule has 1 unspecified atom stereocenters. The van der Waals surface area contributed by atoms with Crippen LogP contribution in [0.25, 0.3) is 34.3 Å². The van der Waals surface area contributed by atoms with Gasteiger partial charge in [-0.3, -0.25) is 4.79 Å². The lowest BCUT2D eigenvalue weighted by molar-refractivity contribution is -0.142. The highest BCUT2D eigenvalue weighted by Crippen LogP contribution is 2.33. The van der Waals surface area contributed by atoms with Crippen molar-refractivity contribution in [3.05, 3.63) is 65.7 Å². The number of aromatic nitrogens is 3. The van der Waals surface area contributed by atoms with E-state index in [2.05, 4.69) is 27.5 Å². The van der Waals surface area contributed by atoms with Gasteiger partial charge in [0.05, 0.1) is 12.0 Å². The third-order valence-electron chi connectivity index (χ3n) is 6.91. The summed E-state index contributed by atoms with van der Waals surface area (Å²) in [7, 11) is 0. The summed E-state index contributed by atoms with van der Waals surface area (Å²) in [6.45, 7) is 2.38. The maximum absolute atomic E-state index is 11.4. The first-order valence-electron chi connectivity index (χ1n) is 12.7. The molecule has 1 saturated carbocycles. The molecule has 0 aliphatic heterocycles. The number of aliphatic hydroxyl groups is 1. The summed E-state index contributed by atoms with van der Waals surface area (Å²) in [4.78, 5) is 15.9. The van der Waals surface area contributed by atoms with E-state index in [1.54, 1.807) is 0 Å². The van der Waals surface area contributed by atoms with E-state index < -0.39 is 18.0 Å². The smallest absolute Gasteiger partial charge is 0.308 e. The molecule has 0 bridgehead atoms. The second-order valence-corrected chi connectivity index (χ2v) is 9.41. The summed E-state index contributed by atoms with van der Waals surface area (Å²) in [6, 6.07) is 17.0. The normalized spacial score (nSPS) is 18.2. The Hall–Kier alpha value is -3.82. The zero-order valence-corrected chi connectivity index (χ0v) is 20.6. The second kappa shape index (κ2) is 11.1. The predicted molar refractivity (Wildman–Crippen MR) is 136 cm³/mol. The third kappa shape index (κ3) is 5.33. The van der Waals surface area contributed by atoms with Crippen LogP contribution in [0, 0.1) is 5.92 Å². The van der Waals surface area contributed by atoms with Crippen LogP contribution in [0.1, 0.15) is 49.8 Å². The first-order chi connectivity index (χ1) is 18.0. The number of hydrogen-bond donors (Lipinski definition) is 3. The van der Waals surface area contributed by atoms with Crippen LogP contribution in [0.3, 0.4) is 0 Å². The summed E-state index contributed by atoms with van der Waals surface area (Å²) in [6.07, 6.45) is 3.27. The van der Waals surface area contributed by atoms with Crippen LogP contribution in [-0.4, -0.2) is 44.1 Å². The molecule has 9 heteroatoms. The van der Waals surface area contributed by atoms with Crippen molar-refractivity contribution in [3.8, 4) is 34.3 Å². The fraction of sp³-hybridized carbons (Fsp3) is 0.357. The van der Waals surface area contributed by atoms with Gasteiger partial charge in [-0.15, -0.1) is 0 Å². The van der Waals surface area contributed by atoms with Gasteiger partial charge in [-0.1, -0.05) is 84.7 Å². The molecule has 2 heterocycles. The van der Waals surface area contributed by atoms with Crippen LogP contribution in [0.5, 0.6) is 0 Å². The molecule has 192 valence electrons. The van der Waals surface area contributed by atoms with Crippen molar-refractivity contribution in [2.75, 3.05) is 6.54 Å². The van der Waals surface area contributed by atoms with Gasteiger partial charge in [0.2, 0.25) is 5.82 Å². The molecular weight excluding hydrogens is 472 g/mol. The molecule has 4 aromatic rings. The van der Waals surface area contributed by atoms with Crippen LogP contribution in [-0.2, 0) is 11.2 Å². The summed E-state index contributed by atoms with van der Waals surface area (Å²) < 4.78 is 11.2. The average molecular weight is 503 g/mol. The van der Waals surface area contributed by atoms with Gasteiger partial charge in [-0.05, 0) is 24.8 Å². The van der Waals surface area contributed by atoms with Crippen molar-refractivity contribution in [2.24, 2.45) is 5.92 Å². The zero-order valence-electron chi connectivity index (χ0n) is 20.6. The van der Waals surface area contributed by atoms with Crippen LogP contribution >= 0.6 is 0 Å². The fourth-order valence-electron chi connectivity index (χ4n) is 4.95. The van der Waals surface area contributed by atoms with Gasteiger partial charge in [-0.2, -0.15) is 4.98 Å². The monoisotopic (exact) mass is 502 g/mol. The zero-order chi connectivity index (χ0) is 25.8. The SMILES string of the molecule is CCCc1c(-c2nc(-c3ccc(C(O)CN[C@H]4CCC[C@H]4C(=O)O)cc3)no2)noc1-c1ccccc1. The van der Waals surface area contributed by atoms with Crippen LogP contribution in [0.2, 0.25) is 0 Å². The first kappa shape index (κ1) is 24.9. The van der Waals surface area contributed by atoms with Crippen molar-refractivity contribution in [1.29, 1.82) is 0 Å². The molecule has 5 rings (SSSR count). The highest BCUT2D eigenvalue weighted by molar-refractivity contribution is 5.71. The quantitative estimate of drug-likeness (QED) is 0.277. The lowest BCUT2D eigenvalue weighted by Gasteiger charge is -2.20. The molecule has 1 aliphatic rings. The predicted octanol–water partition coefficient (Wildman–Crippen LogP) is 4.89. The molecule has 3 atom stereocenters. The van der Waals surface area contributed by atoms with E-state index in [0.717, 1.165) is 47.9 Å². The van der Waals surface area contributed by atoms with Crippen molar-refractivity contribution < 1.29 is 24.1 Å². The van der Waals surface area contributed by atoms with Crippen LogP contribution < -0.4 is 5.32 Å². The van der Waals surface area contributed by atoms with Crippen LogP contribution in [0.4, 0.5) is 0 Å². The van der Waals surface area contributed by atoms with E-state index in [-0.39, 0.29) is 12.6 Å². The first-order valence-corrected chi connectivity index (χ1v) is 12.7. The number of nitrogens with one attached hydrogen (secondary N) is 1. The molecule has 0 radical (unpaired) electrons. The molecule has 37 heavy (non-hydrogen) atoms. The molecule has 1 aliphatic carbocycles. The molecule has 1 fully saturated rings. The molecular formula is C28H30N4O5. The Kier molecular flexibility index (Phi) is 7.43. The van der Waals surface area contributed by atoms with E-state index in [1.807, 2.05) is 54.6 Å². The summed E-state index contributed by atoms with van der Waals surface area (Å²) in [5.41, 5.74) is 3.88. The Bertz CT molecular complexity index is 1330. The molecule has 9 nitrogen and oxygen atoms in total. The Labute approximate surface area is 214 Å². The minimum absolute atomic E-state index is 0.110. The van der Waals surface area contributed by atoms with E-state index in [4.69, 9.17) is 9.05 Å². The Balaban J connectivity index is 1.29. The molecule has 2 aromatic carbocycles. The lowest BCUT2D eigenvalue weighted by Crippen LogP contribution is -2.38. The van der Waals surface area contributed by atoms with Crippen molar-refractivity contribution in [2.45, 2.75) is 51.2 Å². The van der Waals surface area contributed by atoms with Gasteiger partial charge in [-0.25, -0.2) is 0 Å². The Morgan fingerprint density at radius 2 is 1.84 bits per heavy atom. The highest BCUT2D eigenvalue weighted by Gasteiger charge is 2.32. The average Bonchev–Trinajstić information content (AvgIpc) is 3.68. The summed E-state index contributed by atoms with van der Waals surface area (Å²) >= 11 is 0. The minimum atomic E-state index is -0.781. The highest BCUT2D eigenvalue weighted by atomic mass is 16.5. The Morgan fingerprint density at radius 1 is 1.05 bits per heavy atom. The van der Waals surface area contributed by atoms with E-state index in [0.29, 0.717) is 29.6 Å². The topological polar surface area (TPSA) is 135 Å². The number of rotatable bonds is 10. The number of aliphatic hydroxyl groups excluding tert-OH is 1. The Morgan fingerprint density at radius 3 is 2.57 bits per heavy atom. The lowest BCUT2D eigenvalue weighted by atomic mass is 10.0. The molecule has 0 spiro atoms. The maximum atomic E-state index is 11.4. The van der Waals surface area contributed by atoms with Gasteiger partial charge >= 0.3 is 5.97 Å². The van der Waals surface area contributed by atoms with Crippen molar-refractivity contribution >= 4 is 5.97 Å². The minimum Gasteiger partial charge on any atom is -0.481 e. The number of aliphatic carboxylic acids is 1. The number of carboxylic acids is 1. The van der Waals surface area contributed by atoms with Gasteiger partial charge in [0.1, 0.15) is 0 Å². The van der Waals surface area contributed by atoms with Gasteiger partial charge in [0, 0.05) is 29.3 Å². The van der Waals surface area contributed by atoms with E-state index in [1.165, 1.54) is 0 Å². The van der Waals surface area contributed by atoms with Crippen LogP contribution in [0.15, 0.2) is 63.6 Å². The molecule has 2 aromatic heterocycles. The second-order valence-electron chi connectivity index (χ2n) is 9.41. The van der Waals surface area contributed by atoms with E-state index >= 15 is 0 Å². The van der Waals surface area contributed by atoms with Crippen molar-refractivity contribution in [3.63, 3.8) is 0 Å². The number of nitrogens with zero attached hydrogens (tertiary/aromatic N) is 3. The number of carboxylic acid groups (broad SMARTS) is 1. The van der Waals surface area contributed by atoms with Crippen molar-refractivity contribution in [1.82, 2.24) is 20.6 Å². The van der Waals surface area contributed by atoms with Gasteiger partial charge < -0.3 is 24.6 Å². The number of hydrogen-bond acceptors (Lipinski definition) is 8. The summed E-state index contributed by atoms with van der Waals surface area (Å²) in [5, 5.41) is 31.6. The maximum Gasteiger partial charge on any atom is 0.308 e. The number of carbonyl (C=O) groups is 1. The number of benzene rings is 2. The fourth-order valence-corrected chi connectivity index (χ4v) is 4.95. The third-order valence-corrected chi connectivity index (χ3v) is 6.91. The summed E-state index contributed by atoms with van der Waals surface area (Å²) in [5.74, 6) is 0.236. The molecule has 0 saturated heterocycles. The van der Waals surface area contributed by atoms with Gasteiger partial charge in [0.15, 0.2) is 11.5 Å². The van der Waals surface area contributed by atoms with E-state index in [9.17, 15) is 15.0 Å². The molecule has 3 N–H and O–H groups in total. The largest absolute Gasteiger partial charge is 0.481 e. The standard InChI is InChI=1S/C28H30N4O5/c1-2-7-21-24(31-36-25(21)18-8-4-3-5-9-18)27-30-26(32-37-27)19-14-12-17(13-15-19)23(33)16-29-22-11-6-10-20(22)28(34)35/h3-5,8-9,12-15,20,22-23,29,33H,2,6-7,10-11,16H2,1H3,(H,34,35)/t20-,22+,23?/m1/s1.